The van der Waals surface area contributed by atoms with Crippen molar-refractivity contribution in [3.05, 3.63) is 17.8 Å². The summed E-state index contributed by atoms with van der Waals surface area (Å²) in [5.74, 6) is 1.51. The first-order valence-electron chi connectivity index (χ1n) is 6.70. The zero-order chi connectivity index (χ0) is 13.8. The molecule has 1 aromatic heterocycles. The Balaban J connectivity index is 2.04. The fourth-order valence-corrected chi connectivity index (χ4v) is 2.58. The number of pyridine rings is 1. The second kappa shape index (κ2) is 5.91. The molecule has 0 saturated heterocycles. The molecule has 2 unspecified atom stereocenters. The van der Waals surface area contributed by atoms with Gasteiger partial charge in [-0.15, -0.1) is 0 Å². The van der Waals surface area contributed by atoms with E-state index < -0.39 is 5.97 Å². The number of anilines is 2. The molecule has 2 rings (SSSR count). The van der Waals surface area contributed by atoms with E-state index in [-0.39, 0.29) is 5.69 Å². The number of carbonyl (C=O) groups excluding carboxylic acids is 1. The molecule has 1 aliphatic rings. The molecule has 104 valence electrons. The summed E-state index contributed by atoms with van der Waals surface area (Å²) in [5, 5.41) is 3.26. The minimum Gasteiger partial charge on any atom is -0.464 e. The molecule has 1 aromatic rings. The lowest BCUT2D eigenvalue weighted by Crippen LogP contribution is -2.18. The third-order valence-corrected chi connectivity index (χ3v) is 3.89. The Morgan fingerprint density at radius 2 is 2.32 bits per heavy atom. The Morgan fingerprint density at radius 3 is 2.95 bits per heavy atom. The molecule has 2 atom stereocenters. The highest BCUT2D eigenvalue weighted by atomic mass is 16.5. The molecular weight excluding hydrogens is 242 g/mol. The van der Waals surface area contributed by atoms with Gasteiger partial charge in [-0.2, -0.15) is 0 Å². The van der Waals surface area contributed by atoms with Crippen molar-refractivity contribution < 1.29 is 9.53 Å². The number of methoxy groups -OCH3 is 1. The van der Waals surface area contributed by atoms with E-state index in [2.05, 4.69) is 22.0 Å². The van der Waals surface area contributed by atoms with Crippen LogP contribution >= 0.6 is 0 Å². The van der Waals surface area contributed by atoms with Gasteiger partial charge in [0.2, 0.25) is 0 Å². The van der Waals surface area contributed by atoms with E-state index in [1.165, 1.54) is 26.4 Å². The summed E-state index contributed by atoms with van der Waals surface area (Å²) in [6.45, 7) is 3.13. The van der Waals surface area contributed by atoms with Gasteiger partial charge in [0.25, 0.3) is 0 Å². The second-order valence-corrected chi connectivity index (χ2v) is 5.18. The summed E-state index contributed by atoms with van der Waals surface area (Å²) < 4.78 is 4.66. The Bertz CT molecular complexity index is 462. The second-order valence-electron chi connectivity index (χ2n) is 5.18. The van der Waals surface area contributed by atoms with Crippen molar-refractivity contribution in [2.24, 2.45) is 11.8 Å². The highest BCUT2D eigenvalue weighted by Crippen LogP contribution is 2.31. The van der Waals surface area contributed by atoms with Crippen LogP contribution in [0.2, 0.25) is 0 Å². The van der Waals surface area contributed by atoms with Crippen LogP contribution in [0.4, 0.5) is 11.5 Å². The first-order chi connectivity index (χ1) is 9.11. The summed E-state index contributed by atoms with van der Waals surface area (Å²) in [5.41, 5.74) is 6.70. The quantitative estimate of drug-likeness (QED) is 0.815. The van der Waals surface area contributed by atoms with Crippen molar-refractivity contribution in [2.45, 2.75) is 26.2 Å². The minimum absolute atomic E-state index is 0.277. The van der Waals surface area contributed by atoms with Crippen molar-refractivity contribution in [3.63, 3.8) is 0 Å². The minimum atomic E-state index is -0.447. The van der Waals surface area contributed by atoms with Crippen LogP contribution in [0.5, 0.6) is 0 Å². The largest absolute Gasteiger partial charge is 0.464 e. The molecule has 0 radical (unpaired) electrons. The zero-order valence-corrected chi connectivity index (χ0v) is 11.5. The van der Waals surface area contributed by atoms with E-state index in [4.69, 9.17) is 5.73 Å². The molecule has 0 aliphatic heterocycles. The van der Waals surface area contributed by atoms with Crippen LogP contribution < -0.4 is 11.1 Å². The third-order valence-electron chi connectivity index (χ3n) is 3.89. The van der Waals surface area contributed by atoms with E-state index in [1.54, 1.807) is 12.1 Å². The number of esters is 1. The van der Waals surface area contributed by atoms with Crippen LogP contribution in [0.15, 0.2) is 12.1 Å². The number of rotatable bonds is 4. The monoisotopic (exact) mass is 263 g/mol. The van der Waals surface area contributed by atoms with Gasteiger partial charge in [-0.25, -0.2) is 9.78 Å². The van der Waals surface area contributed by atoms with Gasteiger partial charge in [-0.3, -0.25) is 0 Å². The molecule has 19 heavy (non-hydrogen) atoms. The molecule has 0 aromatic carbocycles. The molecular formula is C14H21N3O2. The van der Waals surface area contributed by atoms with E-state index in [0.717, 1.165) is 12.5 Å². The maximum atomic E-state index is 11.4. The summed E-state index contributed by atoms with van der Waals surface area (Å²) in [6.07, 6.45) is 3.82. The molecule has 1 heterocycles. The zero-order valence-electron chi connectivity index (χ0n) is 11.5. The van der Waals surface area contributed by atoms with E-state index in [9.17, 15) is 4.79 Å². The molecule has 1 aliphatic carbocycles. The lowest BCUT2D eigenvalue weighted by Gasteiger charge is -2.17. The summed E-state index contributed by atoms with van der Waals surface area (Å²) in [6, 6.07) is 3.25. The summed E-state index contributed by atoms with van der Waals surface area (Å²) >= 11 is 0. The van der Waals surface area contributed by atoms with Gasteiger partial charge < -0.3 is 15.8 Å². The molecule has 0 amide bonds. The van der Waals surface area contributed by atoms with Crippen LogP contribution in [-0.2, 0) is 4.74 Å². The molecule has 1 saturated carbocycles. The lowest BCUT2D eigenvalue weighted by atomic mass is 9.98. The van der Waals surface area contributed by atoms with Gasteiger partial charge in [0.1, 0.15) is 5.82 Å². The van der Waals surface area contributed by atoms with Crippen LogP contribution in [0.3, 0.4) is 0 Å². The first-order valence-corrected chi connectivity index (χ1v) is 6.70. The SMILES string of the molecule is COC(=O)c1ccc(N)c(NCC2CCCC2C)n1. The molecule has 1 fully saturated rings. The van der Waals surface area contributed by atoms with Crippen molar-refractivity contribution in [1.82, 2.24) is 4.98 Å². The van der Waals surface area contributed by atoms with Crippen LogP contribution in [0, 0.1) is 11.8 Å². The van der Waals surface area contributed by atoms with Crippen LogP contribution in [-0.4, -0.2) is 24.6 Å². The van der Waals surface area contributed by atoms with Gasteiger partial charge in [-0.1, -0.05) is 19.8 Å². The third kappa shape index (κ3) is 3.16. The molecule has 5 heteroatoms. The number of nitrogens with one attached hydrogen (secondary N) is 1. The van der Waals surface area contributed by atoms with Crippen molar-refractivity contribution in [1.29, 1.82) is 0 Å². The lowest BCUT2D eigenvalue weighted by molar-refractivity contribution is 0.0594. The molecule has 0 bridgehead atoms. The fraction of sp³-hybridized carbons (Fsp3) is 0.571. The maximum absolute atomic E-state index is 11.4. The highest BCUT2D eigenvalue weighted by molar-refractivity contribution is 5.88. The van der Waals surface area contributed by atoms with Gasteiger partial charge in [-0.05, 0) is 30.4 Å². The number of nitrogens with zero attached hydrogens (tertiary/aromatic N) is 1. The van der Waals surface area contributed by atoms with Crippen molar-refractivity contribution in [3.8, 4) is 0 Å². The molecule has 3 N–H and O–H groups in total. The normalized spacial score (nSPS) is 22.2. The Hall–Kier alpha value is -1.78. The number of nitrogen functional groups attached to an aromatic ring is 1. The van der Waals surface area contributed by atoms with Gasteiger partial charge in [0.05, 0.1) is 12.8 Å². The molecule has 5 nitrogen and oxygen atoms in total. The average Bonchev–Trinajstić information content (AvgIpc) is 2.82. The maximum Gasteiger partial charge on any atom is 0.356 e. The van der Waals surface area contributed by atoms with Crippen LogP contribution in [0.25, 0.3) is 0 Å². The Labute approximate surface area is 113 Å². The van der Waals surface area contributed by atoms with Crippen LogP contribution in [0.1, 0.15) is 36.7 Å². The molecule has 0 spiro atoms. The standard InChI is InChI=1S/C14H21N3O2/c1-9-4-3-5-10(9)8-16-13-11(15)6-7-12(17-13)14(18)19-2/h6-7,9-10H,3-5,8,15H2,1-2H3,(H,16,17). The number of aromatic nitrogens is 1. The number of hydrogen-bond acceptors (Lipinski definition) is 5. The van der Waals surface area contributed by atoms with Crippen molar-refractivity contribution in [2.75, 3.05) is 24.7 Å². The predicted octanol–water partition coefficient (Wildman–Crippen LogP) is 2.30. The summed E-state index contributed by atoms with van der Waals surface area (Å²) in [4.78, 5) is 15.7. The van der Waals surface area contributed by atoms with Gasteiger partial charge in [0.15, 0.2) is 5.69 Å². The number of hydrogen-bond donors (Lipinski definition) is 2. The number of ether oxygens (including phenoxy) is 1. The van der Waals surface area contributed by atoms with E-state index >= 15 is 0 Å². The predicted molar refractivity (Wildman–Crippen MR) is 75.0 cm³/mol. The Morgan fingerprint density at radius 1 is 1.53 bits per heavy atom. The van der Waals surface area contributed by atoms with E-state index in [1.807, 2.05) is 0 Å². The van der Waals surface area contributed by atoms with Gasteiger partial charge >= 0.3 is 5.97 Å². The average molecular weight is 263 g/mol. The summed E-state index contributed by atoms with van der Waals surface area (Å²) in [7, 11) is 1.34. The van der Waals surface area contributed by atoms with E-state index in [0.29, 0.717) is 17.4 Å². The number of carbonyl (C=O) groups is 1. The highest BCUT2D eigenvalue weighted by Gasteiger charge is 2.23. The van der Waals surface area contributed by atoms with Gasteiger partial charge in [0, 0.05) is 6.54 Å². The number of nitrogens with two attached hydrogens (primary N) is 1. The fourth-order valence-electron chi connectivity index (χ4n) is 2.58. The smallest absolute Gasteiger partial charge is 0.356 e. The Kier molecular flexibility index (Phi) is 4.24. The first kappa shape index (κ1) is 13.6. The van der Waals surface area contributed by atoms with Crippen molar-refractivity contribution >= 4 is 17.5 Å². The topological polar surface area (TPSA) is 77.2 Å².